The van der Waals surface area contributed by atoms with Gasteiger partial charge < -0.3 is 4.90 Å². The molecule has 1 aromatic carbocycles. The van der Waals surface area contributed by atoms with Crippen LogP contribution in [0.2, 0.25) is 5.02 Å². The summed E-state index contributed by atoms with van der Waals surface area (Å²) in [6.45, 7) is 2.26. The Labute approximate surface area is 160 Å². The van der Waals surface area contributed by atoms with Gasteiger partial charge in [-0.2, -0.15) is 9.49 Å². The molecule has 27 heavy (non-hydrogen) atoms. The lowest BCUT2D eigenvalue weighted by Crippen LogP contribution is -2.34. The molecular formula is C19H21ClF3N3O. The minimum absolute atomic E-state index is 0.0276. The van der Waals surface area contributed by atoms with Crippen LogP contribution in [0.15, 0.2) is 18.2 Å². The second-order valence-corrected chi connectivity index (χ2v) is 7.20. The Morgan fingerprint density at radius 1 is 1.37 bits per heavy atom. The second-order valence-electron chi connectivity index (χ2n) is 6.76. The van der Waals surface area contributed by atoms with E-state index in [1.165, 1.54) is 7.05 Å². The fourth-order valence-electron chi connectivity index (χ4n) is 3.22. The molecule has 1 aliphatic rings. The first-order chi connectivity index (χ1) is 12.8. The van der Waals surface area contributed by atoms with E-state index in [1.807, 2.05) is 13.0 Å². The first kappa shape index (κ1) is 19.7. The van der Waals surface area contributed by atoms with Crippen LogP contribution in [-0.2, 0) is 26.4 Å². The van der Waals surface area contributed by atoms with E-state index in [9.17, 15) is 18.0 Å². The molecule has 0 unspecified atom stereocenters. The van der Waals surface area contributed by atoms with Crippen LogP contribution in [0.1, 0.15) is 46.9 Å². The molecule has 1 aromatic heterocycles. The SMILES string of the molecule is CCc1ccc(Cl)cc1CN(C(=O)c1c(CC(F)F)nn(C)c1F)C1CC1. The van der Waals surface area contributed by atoms with E-state index in [0.29, 0.717) is 5.02 Å². The van der Waals surface area contributed by atoms with Crippen LogP contribution in [0.4, 0.5) is 13.2 Å². The highest BCUT2D eigenvalue weighted by Crippen LogP contribution is 2.32. The predicted molar refractivity (Wildman–Crippen MR) is 96.6 cm³/mol. The summed E-state index contributed by atoms with van der Waals surface area (Å²) in [4.78, 5) is 14.7. The zero-order valence-corrected chi connectivity index (χ0v) is 15.9. The number of rotatable bonds is 7. The normalized spacial score (nSPS) is 14.0. The predicted octanol–water partition coefficient (Wildman–Crippen LogP) is 4.39. The Bertz CT molecular complexity index is 849. The monoisotopic (exact) mass is 399 g/mol. The number of carbonyl (C=O) groups is 1. The highest BCUT2D eigenvalue weighted by atomic mass is 35.5. The third-order valence-corrected chi connectivity index (χ3v) is 4.98. The van der Waals surface area contributed by atoms with Crippen molar-refractivity contribution in [3.63, 3.8) is 0 Å². The average Bonchev–Trinajstić information content (AvgIpc) is 3.39. The van der Waals surface area contributed by atoms with Gasteiger partial charge in [0.15, 0.2) is 0 Å². The number of hydrogen-bond donors (Lipinski definition) is 0. The highest BCUT2D eigenvalue weighted by Gasteiger charge is 2.37. The number of aromatic nitrogens is 2. The number of alkyl halides is 2. The number of halogens is 4. The first-order valence-corrected chi connectivity index (χ1v) is 9.27. The van der Waals surface area contributed by atoms with Gasteiger partial charge in [0.05, 0.1) is 12.1 Å². The molecule has 0 bridgehead atoms. The number of aryl methyl sites for hydroxylation is 2. The maximum atomic E-state index is 14.5. The fraction of sp³-hybridized carbons (Fsp3) is 0.474. The summed E-state index contributed by atoms with van der Waals surface area (Å²) < 4.78 is 41.1. The molecule has 0 aliphatic heterocycles. The molecule has 1 saturated carbocycles. The van der Waals surface area contributed by atoms with Crippen molar-refractivity contribution in [3.05, 3.63) is 51.6 Å². The van der Waals surface area contributed by atoms with Crippen LogP contribution >= 0.6 is 11.6 Å². The molecule has 1 amide bonds. The van der Waals surface area contributed by atoms with Crippen LogP contribution in [0.5, 0.6) is 0 Å². The molecule has 0 saturated heterocycles. The van der Waals surface area contributed by atoms with Crippen molar-refractivity contribution < 1.29 is 18.0 Å². The standard InChI is InChI=1S/C19H21ClF3N3O/c1-3-11-4-5-13(20)8-12(11)10-26(14-6-7-14)19(27)17-15(9-16(21)22)24-25(2)18(17)23/h4-5,8,14,16H,3,6-7,9-10H2,1-2H3. The van der Waals surface area contributed by atoms with Gasteiger partial charge in [-0.1, -0.05) is 24.6 Å². The van der Waals surface area contributed by atoms with E-state index < -0.39 is 24.7 Å². The fourth-order valence-corrected chi connectivity index (χ4v) is 3.42. The van der Waals surface area contributed by atoms with Gasteiger partial charge in [-0.25, -0.2) is 13.5 Å². The van der Waals surface area contributed by atoms with E-state index >= 15 is 0 Å². The van der Waals surface area contributed by atoms with E-state index in [1.54, 1.807) is 17.0 Å². The van der Waals surface area contributed by atoms with Crippen molar-refractivity contribution in [3.8, 4) is 0 Å². The minimum Gasteiger partial charge on any atom is -0.331 e. The van der Waals surface area contributed by atoms with Crippen LogP contribution < -0.4 is 0 Å². The number of carbonyl (C=O) groups excluding carboxylic acids is 1. The summed E-state index contributed by atoms with van der Waals surface area (Å²) in [7, 11) is 1.30. The lowest BCUT2D eigenvalue weighted by molar-refractivity contribution is 0.0721. The molecule has 8 heteroatoms. The van der Waals surface area contributed by atoms with E-state index in [2.05, 4.69) is 5.10 Å². The zero-order valence-electron chi connectivity index (χ0n) is 15.2. The largest absolute Gasteiger partial charge is 0.331 e. The van der Waals surface area contributed by atoms with E-state index in [4.69, 9.17) is 11.6 Å². The molecule has 0 atom stereocenters. The molecular weight excluding hydrogens is 379 g/mol. The molecule has 0 radical (unpaired) electrons. The number of nitrogens with zero attached hydrogens (tertiary/aromatic N) is 3. The molecule has 0 N–H and O–H groups in total. The molecule has 1 aliphatic carbocycles. The quantitative estimate of drug-likeness (QED) is 0.692. The van der Waals surface area contributed by atoms with Gasteiger partial charge >= 0.3 is 0 Å². The summed E-state index contributed by atoms with van der Waals surface area (Å²) in [5, 5.41) is 4.33. The third-order valence-electron chi connectivity index (χ3n) is 4.75. The molecule has 1 fully saturated rings. The lowest BCUT2D eigenvalue weighted by atomic mass is 10.0. The molecule has 4 nitrogen and oxygen atoms in total. The van der Waals surface area contributed by atoms with E-state index in [0.717, 1.165) is 35.1 Å². The summed E-state index contributed by atoms with van der Waals surface area (Å²) in [6.07, 6.45) is -1.09. The number of benzene rings is 1. The lowest BCUT2D eigenvalue weighted by Gasteiger charge is -2.24. The zero-order chi connectivity index (χ0) is 19.7. The van der Waals surface area contributed by atoms with E-state index in [-0.39, 0.29) is 23.8 Å². The number of amides is 1. The molecule has 0 spiro atoms. The summed E-state index contributed by atoms with van der Waals surface area (Å²) in [5.74, 6) is -1.48. The molecule has 2 aromatic rings. The topological polar surface area (TPSA) is 38.1 Å². The average molecular weight is 400 g/mol. The Morgan fingerprint density at radius 2 is 2.07 bits per heavy atom. The number of hydrogen-bond acceptors (Lipinski definition) is 2. The van der Waals surface area contributed by atoms with Crippen molar-refractivity contribution in [2.45, 2.75) is 51.6 Å². The van der Waals surface area contributed by atoms with Gasteiger partial charge in [0, 0.05) is 24.7 Å². The van der Waals surface area contributed by atoms with Crippen LogP contribution in [-0.4, -0.2) is 33.1 Å². The van der Waals surface area contributed by atoms with Gasteiger partial charge in [-0.05, 0) is 42.5 Å². The van der Waals surface area contributed by atoms with Gasteiger partial charge in [0.1, 0.15) is 5.56 Å². The highest BCUT2D eigenvalue weighted by molar-refractivity contribution is 6.30. The van der Waals surface area contributed by atoms with Crippen molar-refractivity contribution in [1.82, 2.24) is 14.7 Å². The van der Waals surface area contributed by atoms with Gasteiger partial charge in [-0.3, -0.25) is 4.79 Å². The maximum absolute atomic E-state index is 14.5. The van der Waals surface area contributed by atoms with Crippen molar-refractivity contribution in [2.75, 3.05) is 0 Å². The minimum atomic E-state index is -2.71. The Hall–Kier alpha value is -2.02. The van der Waals surface area contributed by atoms with Crippen molar-refractivity contribution >= 4 is 17.5 Å². The van der Waals surface area contributed by atoms with Gasteiger partial charge in [0.25, 0.3) is 5.91 Å². The van der Waals surface area contributed by atoms with Crippen LogP contribution in [0, 0.1) is 5.95 Å². The summed E-state index contributed by atoms with van der Waals surface area (Å²) >= 11 is 6.10. The Balaban J connectivity index is 1.95. The van der Waals surface area contributed by atoms with Gasteiger partial charge in [0.2, 0.25) is 12.4 Å². The molecule has 146 valence electrons. The summed E-state index contributed by atoms with van der Waals surface area (Å²) in [5.41, 5.74) is 1.36. The first-order valence-electron chi connectivity index (χ1n) is 8.89. The van der Waals surface area contributed by atoms with Gasteiger partial charge in [-0.15, -0.1) is 0 Å². The molecule has 3 rings (SSSR count). The van der Waals surface area contributed by atoms with Crippen LogP contribution in [0.25, 0.3) is 0 Å². The van der Waals surface area contributed by atoms with Crippen LogP contribution in [0.3, 0.4) is 0 Å². The smallest absolute Gasteiger partial charge is 0.260 e. The molecule has 1 heterocycles. The maximum Gasteiger partial charge on any atom is 0.260 e. The Kier molecular flexibility index (Phi) is 5.79. The Morgan fingerprint density at radius 3 is 2.67 bits per heavy atom. The van der Waals surface area contributed by atoms with Crippen molar-refractivity contribution in [1.29, 1.82) is 0 Å². The second kappa shape index (κ2) is 7.92. The third kappa shape index (κ3) is 4.29. The van der Waals surface area contributed by atoms with Crippen molar-refractivity contribution in [2.24, 2.45) is 7.05 Å². The summed E-state index contributed by atoms with van der Waals surface area (Å²) in [6, 6.07) is 5.46.